The van der Waals surface area contributed by atoms with Crippen molar-refractivity contribution in [2.75, 3.05) is 6.61 Å². The van der Waals surface area contributed by atoms with Crippen molar-refractivity contribution in [1.29, 1.82) is 0 Å². The molecule has 0 aliphatic carbocycles. The zero-order chi connectivity index (χ0) is 9.97. The molecule has 0 spiro atoms. The molecule has 0 aliphatic heterocycles. The lowest BCUT2D eigenvalue weighted by atomic mass is 10.3. The standard InChI is InChI=1S/C9H12N4O/c1-7-8(12-6-11-7)9-10-2-3-13(9)4-5-14/h2-3,6,14H,4-5H2,1H3,(H,11,12). The highest BCUT2D eigenvalue weighted by molar-refractivity contribution is 5.52. The fraction of sp³-hybridized carbons (Fsp3) is 0.333. The highest BCUT2D eigenvalue weighted by Crippen LogP contribution is 2.17. The van der Waals surface area contributed by atoms with Crippen LogP contribution in [-0.2, 0) is 6.54 Å². The zero-order valence-corrected chi connectivity index (χ0v) is 7.94. The van der Waals surface area contributed by atoms with Gasteiger partial charge < -0.3 is 14.7 Å². The van der Waals surface area contributed by atoms with Crippen LogP contribution in [0, 0.1) is 6.92 Å². The summed E-state index contributed by atoms with van der Waals surface area (Å²) in [6.45, 7) is 2.59. The molecule has 14 heavy (non-hydrogen) atoms. The molecule has 2 aromatic rings. The summed E-state index contributed by atoms with van der Waals surface area (Å²) in [7, 11) is 0. The maximum absolute atomic E-state index is 8.85. The monoisotopic (exact) mass is 192 g/mol. The van der Waals surface area contributed by atoms with E-state index in [1.54, 1.807) is 12.5 Å². The van der Waals surface area contributed by atoms with E-state index >= 15 is 0 Å². The first-order valence-electron chi connectivity index (χ1n) is 4.45. The number of aliphatic hydroxyl groups excluding tert-OH is 1. The first-order chi connectivity index (χ1) is 6.83. The minimum Gasteiger partial charge on any atom is -0.395 e. The van der Waals surface area contributed by atoms with Crippen LogP contribution in [0.15, 0.2) is 18.7 Å². The molecule has 0 fully saturated rings. The SMILES string of the molecule is Cc1[nH]cnc1-c1nccn1CCO. The Hall–Kier alpha value is -1.62. The largest absolute Gasteiger partial charge is 0.395 e. The molecule has 0 aromatic carbocycles. The van der Waals surface area contributed by atoms with Crippen LogP contribution in [0.1, 0.15) is 5.69 Å². The topological polar surface area (TPSA) is 66.7 Å². The lowest BCUT2D eigenvalue weighted by Crippen LogP contribution is -2.03. The molecule has 2 rings (SSSR count). The smallest absolute Gasteiger partial charge is 0.160 e. The van der Waals surface area contributed by atoms with Gasteiger partial charge in [-0.15, -0.1) is 0 Å². The third kappa shape index (κ3) is 1.42. The molecule has 5 heteroatoms. The van der Waals surface area contributed by atoms with Crippen LogP contribution in [0.3, 0.4) is 0 Å². The Morgan fingerprint density at radius 2 is 2.36 bits per heavy atom. The van der Waals surface area contributed by atoms with Gasteiger partial charge in [0.1, 0.15) is 5.69 Å². The predicted octanol–water partition coefficient (Wildman–Crippen LogP) is 0.574. The van der Waals surface area contributed by atoms with Gasteiger partial charge >= 0.3 is 0 Å². The number of aromatic nitrogens is 4. The van der Waals surface area contributed by atoms with Crippen molar-refractivity contribution < 1.29 is 5.11 Å². The molecular weight excluding hydrogens is 180 g/mol. The zero-order valence-electron chi connectivity index (χ0n) is 7.94. The predicted molar refractivity (Wildman–Crippen MR) is 51.6 cm³/mol. The summed E-state index contributed by atoms with van der Waals surface area (Å²) in [4.78, 5) is 11.4. The van der Waals surface area contributed by atoms with Crippen LogP contribution < -0.4 is 0 Å². The molecule has 0 radical (unpaired) electrons. The second-order valence-corrected chi connectivity index (χ2v) is 3.04. The molecule has 2 N–H and O–H groups in total. The number of rotatable bonds is 3. The van der Waals surface area contributed by atoms with E-state index in [1.165, 1.54) is 0 Å². The summed E-state index contributed by atoms with van der Waals surface area (Å²) < 4.78 is 1.88. The summed E-state index contributed by atoms with van der Waals surface area (Å²) in [6, 6.07) is 0. The van der Waals surface area contributed by atoms with Crippen LogP contribution in [0.5, 0.6) is 0 Å². The van der Waals surface area contributed by atoms with Gasteiger partial charge in [-0.2, -0.15) is 0 Å². The van der Waals surface area contributed by atoms with E-state index in [0.717, 1.165) is 17.2 Å². The number of imidazole rings is 2. The molecular formula is C9H12N4O. The summed E-state index contributed by atoms with van der Waals surface area (Å²) in [5.41, 5.74) is 1.82. The number of aryl methyl sites for hydroxylation is 1. The van der Waals surface area contributed by atoms with Gasteiger partial charge in [0, 0.05) is 24.6 Å². The molecule has 0 saturated carbocycles. The number of nitrogens with one attached hydrogen (secondary N) is 1. The lowest BCUT2D eigenvalue weighted by Gasteiger charge is -2.03. The van der Waals surface area contributed by atoms with Gasteiger partial charge in [-0.25, -0.2) is 9.97 Å². The van der Waals surface area contributed by atoms with E-state index in [1.807, 2.05) is 17.7 Å². The second kappa shape index (κ2) is 3.63. The summed E-state index contributed by atoms with van der Waals surface area (Å²) in [5, 5.41) is 8.85. The van der Waals surface area contributed by atoms with Gasteiger partial charge in [0.2, 0.25) is 0 Å². The second-order valence-electron chi connectivity index (χ2n) is 3.04. The van der Waals surface area contributed by atoms with Crippen molar-refractivity contribution in [3.05, 3.63) is 24.4 Å². The van der Waals surface area contributed by atoms with Crippen molar-refractivity contribution in [3.63, 3.8) is 0 Å². The number of hydrogen-bond acceptors (Lipinski definition) is 3. The molecule has 2 heterocycles. The first-order valence-corrected chi connectivity index (χ1v) is 4.45. The fourth-order valence-corrected chi connectivity index (χ4v) is 1.40. The maximum atomic E-state index is 8.85. The molecule has 5 nitrogen and oxygen atoms in total. The highest BCUT2D eigenvalue weighted by atomic mass is 16.3. The molecule has 2 aromatic heterocycles. The third-order valence-corrected chi connectivity index (χ3v) is 2.10. The Balaban J connectivity index is 2.41. The van der Waals surface area contributed by atoms with Crippen LogP contribution in [-0.4, -0.2) is 31.2 Å². The van der Waals surface area contributed by atoms with Crippen molar-refractivity contribution in [1.82, 2.24) is 19.5 Å². The van der Waals surface area contributed by atoms with Gasteiger partial charge in [0.05, 0.1) is 12.9 Å². The van der Waals surface area contributed by atoms with Gasteiger partial charge in [-0.3, -0.25) is 0 Å². The molecule has 74 valence electrons. The fourth-order valence-electron chi connectivity index (χ4n) is 1.40. The van der Waals surface area contributed by atoms with E-state index in [0.29, 0.717) is 6.54 Å². The quantitative estimate of drug-likeness (QED) is 0.747. The van der Waals surface area contributed by atoms with Crippen LogP contribution in [0.25, 0.3) is 11.5 Å². The molecule has 0 aliphatic rings. The van der Waals surface area contributed by atoms with Gasteiger partial charge in [-0.1, -0.05) is 0 Å². The Labute approximate surface area is 81.4 Å². The van der Waals surface area contributed by atoms with Crippen LogP contribution in [0.4, 0.5) is 0 Å². The number of aliphatic hydroxyl groups is 1. The van der Waals surface area contributed by atoms with Crippen LogP contribution in [0.2, 0.25) is 0 Å². The van der Waals surface area contributed by atoms with E-state index in [2.05, 4.69) is 15.0 Å². The van der Waals surface area contributed by atoms with Gasteiger partial charge in [0.15, 0.2) is 5.82 Å². The summed E-state index contributed by atoms with van der Waals surface area (Å²) >= 11 is 0. The Bertz CT molecular complexity index is 418. The van der Waals surface area contributed by atoms with Crippen molar-refractivity contribution >= 4 is 0 Å². The van der Waals surface area contributed by atoms with Crippen molar-refractivity contribution in [2.24, 2.45) is 0 Å². The highest BCUT2D eigenvalue weighted by Gasteiger charge is 2.10. The lowest BCUT2D eigenvalue weighted by molar-refractivity contribution is 0.276. The Morgan fingerprint density at radius 3 is 3.00 bits per heavy atom. The first kappa shape index (κ1) is 8.96. The Kier molecular flexibility index (Phi) is 2.32. The summed E-state index contributed by atoms with van der Waals surface area (Å²) in [5.74, 6) is 0.790. The van der Waals surface area contributed by atoms with Gasteiger partial charge in [-0.05, 0) is 6.92 Å². The number of hydrogen-bond donors (Lipinski definition) is 2. The minimum atomic E-state index is 0.104. The molecule has 0 amide bonds. The number of nitrogens with zero attached hydrogens (tertiary/aromatic N) is 3. The molecule has 0 saturated heterocycles. The molecule has 0 bridgehead atoms. The van der Waals surface area contributed by atoms with Crippen molar-refractivity contribution in [3.8, 4) is 11.5 Å². The molecule has 0 unspecified atom stereocenters. The maximum Gasteiger partial charge on any atom is 0.160 e. The third-order valence-electron chi connectivity index (χ3n) is 2.10. The normalized spacial score (nSPS) is 10.7. The van der Waals surface area contributed by atoms with E-state index in [-0.39, 0.29) is 6.61 Å². The minimum absolute atomic E-state index is 0.104. The summed E-state index contributed by atoms with van der Waals surface area (Å²) in [6.07, 6.45) is 5.18. The van der Waals surface area contributed by atoms with E-state index in [4.69, 9.17) is 5.11 Å². The van der Waals surface area contributed by atoms with E-state index in [9.17, 15) is 0 Å². The number of aromatic amines is 1. The average Bonchev–Trinajstić information content (AvgIpc) is 2.74. The van der Waals surface area contributed by atoms with Gasteiger partial charge in [0.25, 0.3) is 0 Å². The molecule has 0 atom stereocenters. The average molecular weight is 192 g/mol. The van der Waals surface area contributed by atoms with Crippen molar-refractivity contribution in [2.45, 2.75) is 13.5 Å². The van der Waals surface area contributed by atoms with E-state index < -0.39 is 0 Å². The van der Waals surface area contributed by atoms with Crippen LogP contribution >= 0.6 is 0 Å². The Morgan fingerprint density at radius 1 is 1.50 bits per heavy atom. The number of H-pyrrole nitrogens is 1.